The molecule has 0 atom stereocenters. The molecule has 6 aromatic carbocycles. The van der Waals surface area contributed by atoms with Crippen molar-refractivity contribution in [2.75, 3.05) is 0 Å². The van der Waals surface area contributed by atoms with Gasteiger partial charge in [0.25, 0.3) is 26.7 Å². The SMILES string of the molecule is O=c1c2ccc(S(=O)(=O)O)cc2c(=O)c2c1cc(O)c1[nH+]c3c([nH+]c12)c(S(=O)(=O)O)cc1c(=O)c2ccccc2c(=O)c13. The number of aromatic hydroxyl groups is 1. The number of aromatic nitrogens is 2. The van der Waals surface area contributed by atoms with Crippen LogP contribution in [0.3, 0.4) is 0 Å². The van der Waals surface area contributed by atoms with Crippen molar-refractivity contribution in [3.05, 3.63) is 95.5 Å². The smallest absolute Gasteiger partial charge is 0.319 e. The van der Waals surface area contributed by atoms with Gasteiger partial charge in [-0.25, -0.2) is 0 Å². The summed E-state index contributed by atoms with van der Waals surface area (Å²) in [5, 5.41) is 9.03. The molecule has 15 heteroatoms. The van der Waals surface area contributed by atoms with Crippen molar-refractivity contribution in [3.63, 3.8) is 0 Å². The summed E-state index contributed by atoms with van der Waals surface area (Å²) < 4.78 is 68.1. The van der Waals surface area contributed by atoms with Crippen LogP contribution in [0.4, 0.5) is 0 Å². The molecule has 0 radical (unpaired) electrons. The molecule has 0 aliphatic rings. The van der Waals surface area contributed by atoms with E-state index >= 15 is 0 Å². The van der Waals surface area contributed by atoms with E-state index in [1.165, 1.54) is 24.3 Å². The van der Waals surface area contributed by atoms with Crippen LogP contribution in [0.5, 0.6) is 5.75 Å². The van der Waals surface area contributed by atoms with E-state index in [1.807, 2.05) is 0 Å². The van der Waals surface area contributed by atoms with Crippen molar-refractivity contribution in [1.29, 1.82) is 0 Å². The monoisotopic (exact) mass is 618 g/mol. The fourth-order valence-corrected chi connectivity index (χ4v) is 6.80. The number of fused-ring (bicyclic) bond motifs is 8. The number of aromatic amines is 2. The first-order chi connectivity index (χ1) is 20.2. The average Bonchev–Trinajstić information content (AvgIpc) is 2.95. The fraction of sp³-hybridized carbons (Fsp3) is 0. The predicted molar refractivity (Wildman–Crippen MR) is 153 cm³/mol. The maximum absolute atomic E-state index is 13.7. The number of phenols is 1. The van der Waals surface area contributed by atoms with Crippen molar-refractivity contribution in [2.24, 2.45) is 0 Å². The zero-order valence-corrected chi connectivity index (χ0v) is 22.8. The van der Waals surface area contributed by atoms with E-state index in [4.69, 9.17) is 0 Å². The number of rotatable bonds is 2. The molecule has 7 aromatic rings. The fourth-order valence-electron chi connectivity index (χ4n) is 5.62. The van der Waals surface area contributed by atoms with Crippen LogP contribution < -0.4 is 31.7 Å². The van der Waals surface area contributed by atoms with Crippen molar-refractivity contribution in [1.82, 2.24) is 0 Å². The molecule has 212 valence electrons. The number of hydrogen-bond acceptors (Lipinski definition) is 9. The van der Waals surface area contributed by atoms with Crippen LogP contribution in [-0.2, 0) is 20.2 Å². The maximum atomic E-state index is 13.7. The Bertz CT molecular complexity index is 2930. The normalized spacial score (nSPS) is 12.8. The Morgan fingerprint density at radius 2 is 1.02 bits per heavy atom. The van der Waals surface area contributed by atoms with Crippen LogP contribution in [0, 0.1) is 0 Å². The highest BCUT2D eigenvalue weighted by molar-refractivity contribution is 7.86. The van der Waals surface area contributed by atoms with Crippen molar-refractivity contribution >= 4 is 85.4 Å². The summed E-state index contributed by atoms with van der Waals surface area (Å²) in [7, 11) is -9.87. The van der Waals surface area contributed by atoms with Gasteiger partial charge in [0.05, 0.1) is 4.90 Å². The molecule has 0 aliphatic carbocycles. The molecule has 0 fully saturated rings. The van der Waals surface area contributed by atoms with Crippen LogP contribution in [0.15, 0.2) is 83.6 Å². The number of benzene rings is 6. The summed E-state index contributed by atoms with van der Waals surface area (Å²) in [6, 6.07) is 10.4. The third-order valence-corrected chi connectivity index (χ3v) is 9.24. The second kappa shape index (κ2) is 8.42. The van der Waals surface area contributed by atoms with Gasteiger partial charge in [-0.15, -0.1) is 0 Å². The number of hydrogen-bond donors (Lipinski definition) is 3. The molecule has 0 saturated carbocycles. The highest BCUT2D eigenvalue weighted by Crippen LogP contribution is 2.30. The Morgan fingerprint density at radius 1 is 0.512 bits per heavy atom. The Kier molecular flexibility index (Phi) is 5.22. The minimum absolute atomic E-state index is 0.00867. The minimum Gasteiger partial charge on any atom is -0.502 e. The summed E-state index contributed by atoms with van der Waals surface area (Å²) in [5.41, 5.74) is -4.46. The highest BCUT2D eigenvalue weighted by atomic mass is 32.2. The van der Waals surface area contributed by atoms with Crippen molar-refractivity contribution in [3.8, 4) is 5.75 Å². The lowest BCUT2D eigenvalue weighted by Gasteiger charge is -2.05. The summed E-state index contributed by atoms with van der Waals surface area (Å²) in [6.07, 6.45) is 0. The summed E-state index contributed by atoms with van der Waals surface area (Å²) in [5.74, 6) is -0.605. The standard InChI is InChI=1S/C28H12N2O11S2/c31-17-8-15-19(28(35)14-7-10(42(36,37)38)5-6-13(14)26(15)33)23-21(17)29-24-20-16(9-18(22(24)30-23)43(39,40)41)25(32)11-3-1-2-4-12(11)27(20)34/h1-9,31H,(H,36,37,38)(H,39,40,41)/p+2. The summed E-state index contributed by atoms with van der Waals surface area (Å²) in [4.78, 5) is 57.9. The van der Waals surface area contributed by atoms with Crippen LogP contribution >= 0.6 is 0 Å². The quantitative estimate of drug-likeness (QED) is 0.139. The first-order valence-corrected chi connectivity index (χ1v) is 15.1. The number of phenolic OH excluding ortho intramolecular Hbond substituents is 1. The third-order valence-electron chi connectivity index (χ3n) is 7.51. The molecule has 0 spiro atoms. The molecular weight excluding hydrogens is 604 g/mol. The lowest BCUT2D eigenvalue weighted by atomic mass is 9.99. The van der Waals surface area contributed by atoms with Gasteiger partial charge >= 0.3 is 15.6 Å². The predicted octanol–water partition coefficient (Wildman–Crippen LogP) is 0.749. The van der Waals surface area contributed by atoms with Crippen molar-refractivity contribution < 1.29 is 41.0 Å². The Balaban J connectivity index is 1.79. The van der Waals surface area contributed by atoms with Gasteiger partial charge in [0.15, 0.2) is 21.5 Å². The Labute approximate surface area is 237 Å². The number of H-pyrrole nitrogens is 2. The first-order valence-electron chi connectivity index (χ1n) is 12.2. The zero-order valence-electron chi connectivity index (χ0n) is 21.1. The topological polar surface area (TPSA) is 226 Å². The minimum atomic E-state index is -5.10. The molecule has 7 rings (SSSR count). The van der Waals surface area contributed by atoms with E-state index in [9.17, 15) is 50.2 Å². The van der Waals surface area contributed by atoms with Crippen LogP contribution in [0.2, 0.25) is 0 Å². The Morgan fingerprint density at radius 3 is 1.63 bits per heavy atom. The van der Waals surface area contributed by atoms with Gasteiger partial charge in [-0.05, 0) is 30.3 Å². The molecule has 0 aliphatic heterocycles. The third kappa shape index (κ3) is 3.63. The molecule has 0 amide bonds. The Hall–Kier alpha value is -5.22. The second-order valence-electron chi connectivity index (χ2n) is 9.89. The van der Waals surface area contributed by atoms with Gasteiger partial charge in [0.2, 0.25) is 10.9 Å². The molecule has 13 nitrogen and oxygen atoms in total. The van der Waals surface area contributed by atoms with Gasteiger partial charge in [0.1, 0.15) is 10.8 Å². The van der Waals surface area contributed by atoms with E-state index < -0.39 is 73.8 Å². The van der Waals surface area contributed by atoms with E-state index in [1.54, 1.807) is 0 Å². The lowest BCUT2D eigenvalue weighted by Crippen LogP contribution is -2.26. The molecule has 0 saturated heterocycles. The van der Waals surface area contributed by atoms with Crippen molar-refractivity contribution in [2.45, 2.75) is 9.79 Å². The van der Waals surface area contributed by atoms with Crippen LogP contribution in [0.1, 0.15) is 0 Å². The first kappa shape index (κ1) is 26.7. The molecule has 0 unspecified atom stereocenters. The molecule has 1 heterocycles. The second-order valence-corrected chi connectivity index (χ2v) is 12.7. The lowest BCUT2D eigenvalue weighted by molar-refractivity contribution is -0.361. The van der Waals surface area contributed by atoms with Gasteiger partial charge < -0.3 is 5.11 Å². The zero-order chi connectivity index (χ0) is 30.7. The average molecular weight is 619 g/mol. The van der Waals surface area contributed by atoms with E-state index in [0.29, 0.717) is 0 Å². The van der Waals surface area contributed by atoms with E-state index in [0.717, 1.165) is 30.3 Å². The summed E-state index contributed by atoms with van der Waals surface area (Å²) in [6.45, 7) is 0. The molecule has 0 bridgehead atoms. The molecule has 43 heavy (non-hydrogen) atoms. The van der Waals surface area contributed by atoms with Gasteiger partial charge in [-0.2, -0.15) is 26.8 Å². The van der Waals surface area contributed by atoms with E-state index in [-0.39, 0.29) is 48.9 Å². The summed E-state index contributed by atoms with van der Waals surface area (Å²) >= 11 is 0. The van der Waals surface area contributed by atoms with E-state index in [2.05, 4.69) is 9.97 Å². The highest BCUT2D eigenvalue weighted by Gasteiger charge is 2.33. The number of nitrogens with one attached hydrogen (secondary N) is 2. The van der Waals surface area contributed by atoms with Crippen LogP contribution in [-0.4, -0.2) is 31.0 Å². The largest absolute Gasteiger partial charge is 0.502 e. The van der Waals surface area contributed by atoms with Gasteiger partial charge in [0, 0.05) is 32.3 Å². The molecular formula is C28H14N2O11S2+2. The molecule has 1 aromatic heterocycles. The maximum Gasteiger partial charge on any atom is 0.319 e. The van der Waals surface area contributed by atoms with Crippen LogP contribution in [0.25, 0.3) is 65.2 Å². The molecule has 5 N–H and O–H groups in total. The van der Waals surface area contributed by atoms with Gasteiger partial charge in [-0.3, -0.25) is 28.3 Å². The van der Waals surface area contributed by atoms with Gasteiger partial charge in [-0.1, -0.05) is 24.3 Å².